The van der Waals surface area contributed by atoms with Crippen molar-refractivity contribution in [3.63, 3.8) is 0 Å². The van der Waals surface area contributed by atoms with Crippen molar-refractivity contribution in [1.29, 1.82) is 0 Å². The highest BCUT2D eigenvalue weighted by molar-refractivity contribution is 6.07. The van der Waals surface area contributed by atoms with E-state index >= 15 is 0 Å². The normalized spacial score (nSPS) is 17.6. The zero-order valence-electron chi connectivity index (χ0n) is 16.1. The van der Waals surface area contributed by atoms with Gasteiger partial charge in [-0.3, -0.25) is 4.79 Å². The predicted molar refractivity (Wildman–Crippen MR) is 103 cm³/mol. The summed E-state index contributed by atoms with van der Waals surface area (Å²) in [5.74, 6) is -0.501. The van der Waals surface area contributed by atoms with E-state index in [1.54, 1.807) is 4.90 Å². The Kier molecular flexibility index (Phi) is 4.66. The van der Waals surface area contributed by atoms with Crippen molar-refractivity contribution >= 4 is 11.6 Å². The van der Waals surface area contributed by atoms with E-state index < -0.39 is 5.79 Å². The molecule has 0 radical (unpaired) electrons. The first-order valence-corrected chi connectivity index (χ1v) is 9.43. The standard InChI is InChI=1S/C22H25NO4/c1-15-13-17(3)20-18(14-15)22(26-11-12-27-22)21(24)23(20)9-6-10-25-19-8-5-4-7-16(19)2/h4-5,7-8,13-14H,6,9-12H2,1-3H3. The van der Waals surface area contributed by atoms with Crippen molar-refractivity contribution in [2.45, 2.75) is 33.0 Å². The van der Waals surface area contributed by atoms with Crippen LogP contribution in [-0.4, -0.2) is 32.3 Å². The molecular formula is C22H25NO4. The molecule has 1 fully saturated rings. The molecule has 2 heterocycles. The van der Waals surface area contributed by atoms with Crippen LogP contribution in [-0.2, 0) is 20.1 Å². The lowest BCUT2D eigenvalue weighted by molar-refractivity contribution is -0.180. The van der Waals surface area contributed by atoms with Gasteiger partial charge in [-0.2, -0.15) is 0 Å². The molecule has 142 valence electrons. The monoisotopic (exact) mass is 367 g/mol. The SMILES string of the molecule is Cc1cc(C)c2c(c1)C1(OCCO1)C(=O)N2CCCOc1ccccc1C. The number of nitrogens with zero attached hydrogens (tertiary/aromatic N) is 1. The number of carbonyl (C=O) groups is 1. The van der Waals surface area contributed by atoms with Gasteiger partial charge in [-0.15, -0.1) is 0 Å². The second kappa shape index (κ2) is 6.98. The average Bonchev–Trinajstić information content (AvgIpc) is 3.21. The third kappa shape index (κ3) is 3.01. The average molecular weight is 367 g/mol. The van der Waals surface area contributed by atoms with Crippen molar-refractivity contribution in [2.75, 3.05) is 31.3 Å². The van der Waals surface area contributed by atoms with Crippen LogP contribution in [0.1, 0.15) is 28.7 Å². The molecule has 0 bridgehead atoms. The highest BCUT2D eigenvalue weighted by Gasteiger charge is 2.56. The summed E-state index contributed by atoms with van der Waals surface area (Å²) in [6.07, 6.45) is 0.725. The van der Waals surface area contributed by atoms with Gasteiger partial charge in [0.15, 0.2) is 0 Å². The molecule has 0 saturated carbocycles. The van der Waals surface area contributed by atoms with Gasteiger partial charge in [-0.05, 0) is 50.5 Å². The Hall–Kier alpha value is -2.37. The van der Waals surface area contributed by atoms with Crippen LogP contribution in [0.25, 0.3) is 0 Å². The smallest absolute Gasteiger partial charge is 0.292 e. The van der Waals surface area contributed by atoms with Gasteiger partial charge in [0, 0.05) is 12.1 Å². The summed E-state index contributed by atoms with van der Waals surface area (Å²) in [6.45, 7) is 8.06. The maximum atomic E-state index is 13.2. The zero-order chi connectivity index (χ0) is 19.0. The molecular weight excluding hydrogens is 342 g/mol. The van der Waals surface area contributed by atoms with E-state index in [4.69, 9.17) is 14.2 Å². The van der Waals surface area contributed by atoms with E-state index in [2.05, 4.69) is 6.07 Å². The fourth-order valence-electron chi connectivity index (χ4n) is 3.99. The molecule has 4 rings (SSSR count). The predicted octanol–water partition coefficient (Wildman–Crippen LogP) is 3.63. The van der Waals surface area contributed by atoms with Gasteiger partial charge in [0.05, 0.1) is 25.5 Å². The summed E-state index contributed by atoms with van der Waals surface area (Å²) < 4.78 is 17.5. The van der Waals surface area contributed by atoms with Crippen LogP contribution in [0.15, 0.2) is 36.4 Å². The fraction of sp³-hybridized carbons (Fsp3) is 0.409. The lowest BCUT2D eigenvalue weighted by atomic mass is 10.0. The van der Waals surface area contributed by atoms with Crippen molar-refractivity contribution < 1.29 is 19.0 Å². The Balaban J connectivity index is 1.52. The molecule has 5 nitrogen and oxygen atoms in total. The molecule has 0 unspecified atom stereocenters. The summed E-state index contributed by atoms with van der Waals surface area (Å²) in [5, 5.41) is 0. The van der Waals surface area contributed by atoms with E-state index in [0.29, 0.717) is 26.4 Å². The largest absolute Gasteiger partial charge is 0.493 e. The Morgan fingerprint density at radius 1 is 1.07 bits per heavy atom. The molecule has 5 heteroatoms. The molecule has 1 saturated heterocycles. The Labute approximate surface area is 159 Å². The first-order chi connectivity index (χ1) is 13.0. The van der Waals surface area contributed by atoms with Gasteiger partial charge in [0.2, 0.25) is 0 Å². The highest BCUT2D eigenvalue weighted by Crippen LogP contribution is 2.47. The van der Waals surface area contributed by atoms with Crippen LogP contribution in [0.3, 0.4) is 0 Å². The highest BCUT2D eigenvalue weighted by atomic mass is 16.7. The van der Waals surface area contributed by atoms with Crippen molar-refractivity contribution in [2.24, 2.45) is 0 Å². The van der Waals surface area contributed by atoms with E-state index in [0.717, 1.165) is 40.1 Å². The van der Waals surface area contributed by atoms with Crippen LogP contribution >= 0.6 is 0 Å². The quantitative estimate of drug-likeness (QED) is 0.757. The third-order valence-electron chi connectivity index (χ3n) is 5.17. The molecule has 1 spiro atoms. The Bertz CT molecular complexity index is 871. The minimum Gasteiger partial charge on any atom is -0.493 e. The van der Waals surface area contributed by atoms with Crippen LogP contribution in [0, 0.1) is 20.8 Å². The van der Waals surface area contributed by atoms with Gasteiger partial charge < -0.3 is 19.1 Å². The summed E-state index contributed by atoms with van der Waals surface area (Å²) in [5.41, 5.74) is 5.03. The second-order valence-electron chi connectivity index (χ2n) is 7.22. The van der Waals surface area contributed by atoms with Gasteiger partial charge in [0.1, 0.15) is 5.75 Å². The Morgan fingerprint density at radius 3 is 2.56 bits per heavy atom. The van der Waals surface area contributed by atoms with Crippen LogP contribution in [0.2, 0.25) is 0 Å². The second-order valence-corrected chi connectivity index (χ2v) is 7.22. The minimum atomic E-state index is -1.26. The number of rotatable bonds is 5. The third-order valence-corrected chi connectivity index (χ3v) is 5.17. The van der Waals surface area contributed by atoms with E-state index in [-0.39, 0.29) is 5.91 Å². The van der Waals surface area contributed by atoms with E-state index in [1.807, 2.05) is 51.1 Å². The van der Waals surface area contributed by atoms with Crippen molar-refractivity contribution in [3.05, 3.63) is 58.7 Å². The number of fused-ring (bicyclic) bond motifs is 2. The van der Waals surface area contributed by atoms with Crippen LogP contribution in [0.4, 0.5) is 5.69 Å². The first-order valence-electron chi connectivity index (χ1n) is 9.43. The topological polar surface area (TPSA) is 48.0 Å². The maximum absolute atomic E-state index is 13.2. The van der Waals surface area contributed by atoms with Gasteiger partial charge >= 0.3 is 0 Å². The number of hydrogen-bond acceptors (Lipinski definition) is 4. The lowest BCUT2D eigenvalue weighted by Crippen LogP contribution is -2.41. The zero-order valence-corrected chi connectivity index (χ0v) is 16.1. The lowest BCUT2D eigenvalue weighted by Gasteiger charge is -2.22. The molecule has 0 aliphatic carbocycles. The number of anilines is 1. The summed E-state index contributed by atoms with van der Waals surface area (Å²) in [6, 6.07) is 12.1. The van der Waals surface area contributed by atoms with Crippen LogP contribution in [0.5, 0.6) is 5.75 Å². The molecule has 2 aromatic carbocycles. The molecule has 0 atom stereocenters. The van der Waals surface area contributed by atoms with Crippen LogP contribution < -0.4 is 9.64 Å². The molecule has 0 aromatic heterocycles. The van der Waals surface area contributed by atoms with Crippen molar-refractivity contribution in [3.8, 4) is 5.75 Å². The summed E-state index contributed by atoms with van der Waals surface area (Å²) in [7, 11) is 0. The number of carbonyl (C=O) groups excluding carboxylic acids is 1. The van der Waals surface area contributed by atoms with E-state index in [1.165, 1.54) is 0 Å². The fourth-order valence-corrected chi connectivity index (χ4v) is 3.99. The molecule has 2 aliphatic rings. The van der Waals surface area contributed by atoms with Crippen molar-refractivity contribution in [1.82, 2.24) is 0 Å². The first kappa shape index (κ1) is 18.0. The molecule has 2 aromatic rings. The molecule has 27 heavy (non-hydrogen) atoms. The number of amides is 1. The Morgan fingerprint density at radius 2 is 1.81 bits per heavy atom. The maximum Gasteiger partial charge on any atom is 0.292 e. The molecule has 1 amide bonds. The number of hydrogen-bond donors (Lipinski definition) is 0. The van der Waals surface area contributed by atoms with Gasteiger partial charge in [0.25, 0.3) is 11.7 Å². The number of para-hydroxylation sites is 1. The van der Waals surface area contributed by atoms with Gasteiger partial charge in [-0.25, -0.2) is 0 Å². The molecule has 0 N–H and O–H groups in total. The number of aryl methyl sites for hydroxylation is 3. The number of ether oxygens (including phenoxy) is 3. The summed E-state index contributed by atoms with van der Waals surface area (Å²) in [4.78, 5) is 15.0. The summed E-state index contributed by atoms with van der Waals surface area (Å²) >= 11 is 0. The number of benzene rings is 2. The van der Waals surface area contributed by atoms with E-state index in [9.17, 15) is 4.79 Å². The minimum absolute atomic E-state index is 0.125. The van der Waals surface area contributed by atoms with Gasteiger partial charge in [-0.1, -0.05) is 29.8 Å². The molecule has 2 aliphatic heterocycles.